The Hall–Kier alpha value is -2.25. The van der Waals surface area contributed by atoms with Gasteiger partial charge in [-0.05, 0) is 39.4 Å². The summed E-state index contributed by atoms with van der Waals surface area (Å²) in [6.07, 6.45) is 0. The first kappa shape index (κ1) is 11.4. The molecule has 1 heteroatoms. The summed E-state index contributed by atoms with van der Waals surface area (Å²) in [4.78, 5) is 2.73. The van der Waals surface area contributed by atoms with Crippen molar-refractivity contribution in [3.8, 4) is 11.1 Å². The first-order chi connectivity index (χ1) is 10.4. The maximum atomic E-state index is 2.34. The molecule has 0 radical (unpaired) electrons. The van der Waals surface area contributed by atoms with Crippen LogP contribution < -0.4 is 0 Å². The number of benzene rings is 4. The van der Waals surface area contributed by atoms with Crippen molar-refractivity contribution in [3.63, 3.8) is 0 Å². The van der Waals surface area contributed by atoms with Crippen molar-refractivity contribution in [2.45, 2.75) is 9.79 Å². The molecular formula is C20H12S. The van der Waals surface area contributed by atoms with Crippen LogP contribution in [0.15, 0.2) is 82.6 Å². The number of rotatable bonds is 0. The second-order valence-electron chi connectivity index (χ2n) is 5.42. The van der Waals surface area contributed by atoms with Crippen molar-refractivity contribution < 1.29 is 0 Å². The molecular weight excluding hydrogens is 272 g/mol. The molecule has 0 aliphatic carbocycles. The van der Waals surface area contributed by atoms with E-state index in [4.69, 9.17) is 0 Å². The van der Waals surface area contributed by atoms with Gasteiger partial charge in [-0.25, -0.2) is 0 Å². The molecule has 0 saturated carbocycles. The molecule has 0 atom stereocenters. The Bertz CT molecular complexity index is 1010. The summed E-state index contributed by atoms with van der Waals surface area (Å²) in [5, 5.41) is 5.43. The number of hydrogen-bond acceptors (Lipinski definition) is 1. The van der Waals surface area contributed by atoms with Crippen LogP contribution in [0.1, 0.15) is 0 Å². The SMILES string of the molecule is c1ccc2c(c1)Sc1cc3ccccc3c3cccc-2c13. The second-order valence-corrected chi connectivity index (χ2v) is 6.51. The normalized spacial score (nSPS) is 12.6. The third kappa shape index (κ3) is 1.52. The van der Waals surface area contributed by atoms with Crippen molar-refractivity contribution in [2.24, 2.45) is 0 Å². The molecule has 98 valence electrons. The molecule has 1 aliphatic heterocycles. The molecule has 1 heterocycles. The van der Waals surface area contributed by atoms with E-state index in [0.717, 1.165) is 0 Å². The summed E-state index contributed by atoms with van der Waals surface area (Å²) in [6.45, 7) is 0. The summed E-state index contributed by atoms with van der Waals surface area (Å²) >= 11 is 1.89. The Morgan fingerprint density at radius 2 is 1.33 bits per heavy atom. The lowest BCUT2D eigenvalue weighted by Crippen LogP contribution is -1.93. The molecule has 0 N–H and O–H groups in total. The zero-order valence-electron chi connectivity index (χ0n) is 11.3. The van der Waals surface area contributed by atoms with E-state index < -0.39 is 0 Å². The van der Waals surface area contributed by atoms with Gasteiger partial charge >= 0.3 is 0 Å². The van der Waals surface area contributed by atoms with Gasteiger partial charge in [0, 0.05) is 15.2 Å². The van der Waals surface area contributed by atoms with Crippen LogP contribution in [0, 0.1) is 0 Å². The molecule has 0 saturated heterocycles. The van der Waals surface area contributed by atoms with Crippen LogP contribution in [-0.2, 0) is 0 Å². The van der Waals surface area contributed by atoms with Crippen molar-refractivity contribution in [2.75, 3.05) is 0 Å². The van der Waals surface area contributed by atoms with Crippen LogP contribution in [0.2, 0.25) is 0 Å². The van der Waals surface area contributed by atoms with E-state index in [1.54, 1.807) is 0 Å². The fourth-order valence-electron chi connectivity index (χ4n) is 3.33. The Morgan fingerprint density at radius 3 is 2.33 bits per heavy atom. The fraction of sp³-hybridized carbons (Fsp3) is 0. The summed E-state index contributed by atoms with van der Waals surface area (Å²) in [7, 11) is 0. The van der Waals surface area contributed by atoms with Crippen LogP contribution in [0.5, 0.6) is 0 Å². The lowest BCUT2D eigenvalue weighted by Gasteiger charge is -2.21. The van der Waals surface area contributed by atoms with Crippen molar-refractivity contribution >= 4 is 33.3 Å². The lowest BCUT2D eigenvalue weighted by atomic mass is 9.94. The predicted molar refractivity (Wildman–Crippen MR) is 91.0 cm³/mol. The van der Waals surface area contributed by atoms with Crippen molar-refractivity contribution in [1.82, 2.24) is 0 Å². The quantitative estimate of drug-likeness (QED) is 0.308. The van der Waals surface area contributed by atoms with Gasteiger partial charge in [0.05, 0.1) is 0 Å². The minimum atomic E-state index is 1.32. The third-order valence-corrected chi connectivity index (χ3v) is 5.36. The monoisotopic (exact) mass is 284 g/mol. The van der Waals surface area contributed by atoms with Crippen LogP contribution in [0.25, 0.3) is 32.7 Å². The average molecular weight is 284 g/mol. The molecule has 0 unspecified atom stereocenters. The molecule has 4 aromatic rings. The maximum absolute atomic E-state index is 2.34. The zero-order valence-corrected chi connectivity index (χ0v) is 12.2. The largest absolute Gasteiger partial charge is 0.0888 e. The molecule has 4 aromatic carbocycles. The zero-order chi connectivity index (χ0) is 13.8. The van der Waals surface area contributed by atoms with Gasteiger partial charge in [0.25, 0.3) is 0 Å². The topological polar surface area (TPSA) is 0 Å². The van der Waals surface area contributed by atoms with Gasteiger partial charge in [-0.1, -0.05) is 72.4 Å². The first-order valence-corrected chi connectivity index (χ1v) is 7.95. The molecule has 0 amide bonds. The third-order valence-electron chi connectivity index (χ3n) is 4.25. The molecule has 1 aliphatic rings. The Kier molecular flexibility index (Phi) is 2.24. The van der Waals surface area contributed by atoms with E-state index in [-0.39, 0.29) is 0 Å². The standard InChI is InChI=1S/C20H12S/c1-2-7-14-13(6-1)12-19-20-16(14)9-5-10-17(20)15-8-3-4-11-18(15)21-19/h1-12H. The highest BCUT2D eigenvalue weighted by Gasteiger charge is 2.19. The predicted octanol–water partition coefficient (Wildman–Crippen LogP) is 6.12. The van der Waals surface area contributed by atoms with Gasteiger partial charge in [0.1, 0.15) is 0 Å². The minimum absolute atomic E-state index is 1.32. The van der Waals surface area contributed by atoms with Gasteiger partial charge < -0.3 is 0 Å². The van der Waals surface area contributed by atoms with Crippen LogP contribution in [0.4, 0.5) is 0 Å². The number of hydrogen-bond donors (Lipinski definition) is 0. The summed E-state index contributed by atoms with van der Waals surface area (Å²) in [5.74, 6) is 0. The minimum Gasteiger partial charge on any atom is -0.0888 e. The van der Waals surface area contributed by atoms with E-state index in [0.29, 0.717) is 0 Å². The Labute approximate surface area is 127 Å². The van der Waals surface area contributed by atoms with E-state index in [2.05, 4.69) is 72.8 Å². The summed E-state index contributed by atoms with van der Waals surface area (Å²) in [5.41, 5.74) is 2.72. The molecule has 0 spiro atoms. The molecule has 21 heavy (non-hydrogen) atoms. The molecule has 0 fully saturated rings. The van der Waals surface area contributed by atoms with Crippen molar-refractivity contribution in [1.29, 1.82) is 0 Å². The van der Waals surface area contributed by atoms with Crippen LogP contribution >= 0.6 is 11.8 Å². The van der Waals surface area contributed by atoms with E-state index in [9.17, 15) is 0 Å². The average Bonchev–Trinajstić information content (AvgIpc) is 2.55. The van der Waals surface area contributed by atoms with Gasteiger partial charge in [0.2, 0.25) is 0 Å². The Morgan fingerprint density at radius 1 is 0.571 bits per heavy atom. The summed E-state index contributed by atoms with van der Waals surface area (Å²) in [6, 6.07) is 26.4. The van der Waals surface area contributed by atoms with E-state index in [1.165, 1.54) is 42.5 Å². The van der Waals surface area contributed by atoms with Crippen LogP contribution in [-0.4, -0.2) is 0 Å². The lowest BCUT2D eigenvalue weighted by molar-refractivity contribution is 1.41. The first-order valence-electron chi connectivity index (χ1n) is 7.13. The van der Waals surface area contributed by atoms with Crippen LogP contribution in [0.3, 0.4) is 0 Å². The molecule has 5 rings (SSSR count). The second kappa shape index (κ2) is 4.12. The van der Waals surface area contributed by atoms with Gasteiger partial charge in [-0.3, -0.25) is 0 Å². The maximum Gasteiger partial charge on any atom is 0.0213 e. The highest BCUT2D eigenvalue weighted by Crippen LogP contribution is 2.49. The highest BCUT2D eigenvalue weighted by molar-refractivity contribution is 7.99. The molecule has 0 nitrogen and oxygen atoms in total. The van der Waals surface area contributed by atoms with Gasteiger partial charge in [-0.15, -0.1) is 0 Å². The van der Waals surface area contributed by atoms with Gasteiger partial charge in [-0.2, -0.15) is 0 Å². The van der Waals surface area contributed by atoms with Gasteiger partial charge in [0.15, 0.2) is 0 Å². The summed E-state index contributed by atoms with van der Waals surface area (Å²) < 4.78 is 0. The van der Waals surface area contributed by atoms with E-state index in [1.807, 2.05) is 11.8 Å². The van der Waals surface area contributed by atoms with Crippen molar-refractivity contribution in [3.05, 3.63) is 72.8 Å². The van der Waals surface area contributed by atoms with E-state index >= 15 is 0 Å². The molecule has 0 aromatic heterocycles. The highest BCUT2D eigenvalue weighted by atomic mass is 32.2. The smallest absolute Gasteiger partial charge is 0.0213 e. The fourth-order valence-corrected chi connectivity index (χ4v) is 4.50. The molecule has 0 bridgehead atoms. The Balaban J connectivity index is 2.04. The number of fused-ring (bicyclic) bond motifs is 4.